The van der Waals surface area contributed by atoms with E-state index in [-0.39, 0.29) is 42.8 Å². The molecule has 0 radical (unpaired) electrons. The first kappa shape index (κ1) is 20.0. The van der Waals surface area contributed by atoms with E-state index in [1.807, 2.05) is 19.1 Å². The van der Waals surface area contributed by atoms with Crippen molar-refractivity contribution in [1.82, 2.24) is 16.0 Å². The fourth-order valence-corrected chi connectivity index (χ4v) is 3.64. The maximum absolute atomic E-state index is 13.0. The van der Waals surface area contributed by atoms with E-state index in [1.165, 1.54) is 23.3 Å². The van der Waals surface area contributed by atoms with Crippen LogP contribution in [0.25, 0.3) is 0 Å². The summed E-state index contributed by atoms with van der Waals surface area (Å²) in [4.78, 5) is 24.1. The first-order valence-corrected chi connectivity index (χ1v) is 9.56. The molecule has 148 valence electrons. The Morgan fingerprint density at radius 2 is 1.79 bits per heavy atom. The summed E-state index contributed by atoms with van der Waals surface area (Å²) in [5.74, 6) is -0.467. The highest BCUT2D eigenvalue weighted by Gasteiger charge is 2.28. The van der Waals surface area contributed by atoms with Gasteiger partial charge in [-0.2, -0.15) is 0 Å². The zero-order valence-electron chi connectivity index (χ0n) is 16.2. The SMILES string of the molecule is CC(NC(=O)CNC(=O)CN[C@@H]1Cc2ccccc2[C@@H]1C)c1ccc(F)cc1. The lowest BCUT2D eigenvalue weighted by Gasteiger charge is -2.18. The molecule has 3 rings (SSSR count). The molecule has 3 N–H and O–H groups in total. The van der Waals surface area contributed by atoms with Crippen molar-refractivity contribution >= 4 is 11.8 Å². The number of carbonyl (C=O) groups is 2. The van der Waals surface area contributed by atoms with E-state index >= 15 is 0 Å². The summed E-state index contributed by atoms with van der Waals surface area (Å²) >= 11 is 0. The molecule has 0 saturated carbocycles. The van der Waals surface area contributed by atoms with Crippen LogP contribution in [0.5, 0.6) is 0 Å². The van der Waals surface area contributed by atoms with Crippen LogP contribution < -0.4 is 16.0 Å². The number of hydrogen-bond acceptors (Lipinski definition) is 3. The average molecular weight is 383 g/mol. The molecule has 2 aromatic carbocycles. The molecule has 0 fully saturated rings. The van der Waals surface area contributed by atoms with Crippen LogP contribution >= 0.6 is 0 Å². The van der Waals surface area contributed by atoms with Gasteiger partial charge in [-0.15, -0.1) is 0 Å². The fourth-order valence-electron chi connectivity index (χ4n) is 3.64. The third-order valence-corrected chi connectivity index (χ3v) is 5.31. The standard InChI is InChI=1S/C22H26FN3O2/c1-14-19-6-4-3-5-17(19)11-20(14)24-12-21(27)25-13-22(28)26-15(2)16-7-9-18(23)10-8-16/h3-10,14-15,20,24H,11-13H2,1-2H3,(H,25,27)(H,26,28)/t14-,15?,20+/m0/s1. The van der Waals surface area contributed by atoms with Crippen LogP contribution in [0.15, 0.2) is 48.5 Å². The predicted octanol–water partition coefficient (Wildman–Crippen LogP) is 2.44. The van der Waals surface area contributed by atoms with E-state index in [4.69, 9.17) is 0 Å². The maximum atomic E-state index is 13.0. The van der Waals surface area contributed by atoms with Crippen LogP contribution in [0, 0.1) is 5.82 Å². The number of amides is 2. The summed E-state index contributed by atoms with van der Waals surface area (Å²) in [6.45, 7) is 4.05. The maximum Gasteiger partial charge on any atom is 0.239 e. The molecule has 1 aliphatic carbocycles. The summed E-state index contributed by atoms with van der Waals surface area (Å²) in [6, 6.07) is 14.3. The zero-order valence-corrected chi connectivity index (χ0v) is 16.2. The van der Waals surface area contributed by atoms with E-state index in [2.05, 4.69) is 35.0 Å². The van der Waals surface area contributed by atoms with Crippen molar-refractivity contribution in [2.24, 2.45) is 0 Å². The molecule has 28 heavy (non-hydrogen) atoms. The van der Waals surface area contributed by atoms with Gasteiger partial charge in [0.1, 0.15) is 5.82 Å². The molecule has 2 aromatic rings. The van der Waals surface area contributed by atoms with E-state index < -0.39 is 0 Å². The van der Waals surface area contributed by atoms with Crippen molar-refractivity contribution in [1.29, 1.82) is 0 Å². The molecule has 0 aliphatic heterocycles. The molecular weight excluding hydrogens is 357 g/mol. The van der Waals surface area contributed by atoms with Crippen LogP contribution in [-0.4, -0.2) is 30.9 Å². The number of benzene rings is 2. The van der Waals surface area contributed by atoms with Crippen LogP contribution in [0.3, 0.4) is 0 Å². The Morgan fingerprint density at radius 3 is 2.50 bits per heavy atom. The molecule has 0 bridgehead atoms. The van der Waals surface area contributed by atoms with Crippen LogP contribution in [0.4, 0.5) is 4.39 Å². The van der Waals surface area contributed by atoms with Gasteiger partial charge in [0.2, 0.25) is 11.8 Å². The molecular formula is C22H26FN3O2. The van der Waals surface area contributed by atoms with Crippen molar-refractivity contribution < 1.29 is 14.0 Å². The lowest BCUT2D eigenvalue weighted by atomic mass is 10.0. The minimum absolute atomic E-state index is 0.0908. The first-order valence-electron chi connectivity index (χ1n) is 9.56. The van der Waals surface area contributed by atoms with E-state index in [0.717, 1.165) is 12.0 Å². The van der Waals surface area contributed by atoms with E-state index in [1.54, 1.807) is 12.1 Å². The minimum atomic E-state index is -0.318. The fraction of sp³-hybridized carbons (Fsp3) is 0.364. The first-order chi connectivity index (χ1) is 13.4. The highest BCUT2D eigenvalue weighted by atomic mass is 19.1. The van der Waals surface area contributed by atoms with Gasteiger partial charge in [-0.05, 0) is 48.1 Å². The van der Waals surface area contributed by atoms with E-state index in [0.29, 0.717) is 5.92 Å². The number of fused-ring (bicyclic) bond motifs is 1. The summed E-state index contributed by atoms with van der Waals surface area (Å²) in [7, 11) is 0. The summed E-state index contributed by atoms with van der Waals surface area (Å²) in [5, 5.41) is 8.72. The Labute approximate surface area is 164 Å². The number of halogens is 1. The number of carbonyl (C=O) groups excluding carboxylic acids is 2. The molecule has 5 nitrogen and oxygen atoms in total. The predicted molar refractivity (Wildman–Crippen MR) is 106 cm³/mol. The Balaban J connectivity index is 1.38. The van der Waals surface area contributed by atoms with Gasteiger partial charge in [-0.1, -0.05) is 43.3 Å². The van der Waals surface area contributed by atoms with Crippen molar-refractivity contribution in [2.45, 2.75) is 38.3 Å². The second kappa shape index (κ2) is 8.97. The van der Waals surface area contributed by atoms with Crippen molar-refractivity contribution in [3.05, 3.63) is 71.0 Å². The smallest absolute Gasteiger partial charge is 0.239 e. The lowest BCUT2D eigenvalue weighted by Crippen LogP contribution is -2.44. The monoisotopic (exact) mass is 383 g/mol. The van der Waals surface area contributed by atoms with Gasteiger partial charge in [-0.3, -0.25) is 9.59 Å². The third-order valence-electron chi connectivity index (χ3n) is 5.31. The molecule has 2 amide bonds. The number of hydrogen-bond donors (Lipinski definition) is 3. The largest absolute Gasteiger partial charge is 0.348 e. The second-order valence-electron chi connectivity index (χ2n) is 7.30. The van der Waals surface area contributed by atoms with Gasteiger partial charge in [-0.25, -0.2) is 4.39 Å². The molecule has 0 aromatic heterocycles. The summed E-state index contributed by atoms with van der Waals surface area (Å²) in [5.41, 5.74) is 3.45. The molecule has 1 aliphatic rings. The Kier molecular flexibility index (Phi) is 6.41. The van der Waals surface area contributed by atoms with Gasteiger partial charge in [0.25, 0.3) is 0 Å². The molecule has 6 heteroatoms. The molecule has 0 saturated heterocycles. The Hall–Kier alpha value is -2.73. The summed E-state index contributed by atoms with van der Waals surface area (Å²) < 4.78 is 13.0. The van der Waals surface area contributed by atoms with E-state index in [9.17, 15) is 14.0 Å². The van der Waals surface area contributed by atoms with Crippen LogP contribution in [0.1, 0.15) is 42.5 Å². The van der Waals surface area contributed by atoms with Crippen LogP contribution in [-0.2, 0) is 16.0 Å². The van der Waals surface area contributed by atoms with Gasteiger partial charge in [0, 0.05) is 6.04 Å². The summed E-state index contributed by atoms with van der Waals surface area (Å²) in [6.07, 6.45) is 0.903. The normalized spacial score (nSPS) is 19.0. The number of rotatable bonds is 7. The topological polar surface area (TPSA) is 70.2 Å². The molecule has 1 unspecified atom stereocenters. The Morgan fingerprint density at radius 1 is 1.07 bits per heavy atom. The highest BCUT2D eigenvalue weighted by molar-refractivity contribution is 5.85. The third kappa shape index (κ3) is 4.95. The van der Waals surface area contributed by atoms with Crippen LogP contribution in [0.2, 0.25) is 0 Å². The number of nitrogens with one attached hydrogen (secondary N) is 3. The molecule has 0 heterocycles. The van der Waals surface area contributed by atoms with Crippen molar-refractivity contribution in [3.8, 4) is 0 Å². The van der Waals surface area contributed by atoms with Gasteiger partial charge in [0.05, 0.1) is 19.1 Å². The van der Waals surface area contributed by atoms with Gasteiger partial charge >= 0.3 is 0 Å². The van der Waals surface area contributed by atoms with Crippen molar-refractivity contribution in [3.63, 3.8) is 0 Å². The minimum Gasteiger partial charge on any atom is -0.348 e. The van der Waals surface area contributed by atoms with Gasteiger partial charge < -0.3 is 16.0 Å². The molecule has 3 atom stereocenters. The van der Waals surface area contributed by atoms with Crippen molar-refractivity contribution in [2.75, 3.05) is 13.1 Å². The quantitative estimate of drug-likeness (QED) is 0.688. The molecule has 0 spiro atoms. The zero-order chi connectivity index (χ0) is 20.1. The Bertz CT molecular complexity index is 838. The average Bonchev–Trinajstić information content (AvgIpc) is 3.01. The van der Waals surface area contributed by atoms with Gasteiger partial charge in [0.15, 0.2) is 0 Å². The highest BCUT2D eigenvalue weighted by Crippen LogP contribution is 2.32. The lowest BCUT2D eigenvalue weighted by molar-refractivity contribution is -0.126. The second-order valence-corrected chi connectivity index (χ2v) is 7.30.